The normalized spacial score (nSPS) is 10.3. The van der Waals surface area contributed by atoms with Gasteiger partial charge < -0.3 is 10.4 Å². The Morgan fingerprint density at radius 1 is 1.39 bits per heavy atom. The molecule has 0 aliphatic carbocycles. The molecule has 1 heterocycles. The summed E-state index contributed by atoms with van der Waals surface area (Å²) in [5, 5.41) is 12.3. The predicted octanol–water partition coefficient (Wildman–Crippen LogP) is 2.35. The van der Waals surface area contributed by atoms with Crippen LogP contribution in [-0.4, -0.2) is 22.0 Å². The molecule has 0 atom stereocenters. The Morgan fingerprint density at radius 2 is 2.11 bits per heavy atom. The molecule has 1 aromatic heterocycles. The second-order valence-corrected chi connectivity index (χ2v) is 5.14. The number of carbonyl (C=O) groups is 2. The number of unbranched alkanes of at least 4 members (excludes halogenated alkanes) is 2. The maximum absolute atomic E-state index is 11.5. The van der Waals surface area contributed by atoms with Gasteiger partial charge in [-0.3, -0.25) is 4.79 Å². The molecule has 0 saturated carbocycles. The van der Waals surface area contributed by atoms with Crippen LogP contribution in [0.2, 0.25) is 0 Å². The largest absolute Gasteiger partial charge is 0.477 e. The number of rotatable bonds is 7. The van der Waals surface area contributed by atoms with Gasteiger partial charge in [0.05, 0.1) is 12.2 Å². The summed E-state index contributed by atoms with van der Waals surface area (Å²) in [6.45, 7) is 4.06. The molecule has 0 aromatic carbocycles. The van der Waals surface area contributed by atoms with Gasteiger partial charge in [-0.2, -0.15) is 0 Å². The molecule has 0 aliphatic rings. The number of carboxylic acids is 1. The molecule has 0 radical (unpaired) electrons. The minimum absolute atomic E-state index is 0.00632. The standard InChI is InChI=1S/C12H18N2O3S/c1-3-4-5-6-9(15)13-7-10-14-8(2)11(18-10)12(16)17/h3-7H2,1-2H3,(H,13,15)(H,16,17). The molecule has 0 bridgehead atoms. The van der Waals surface area contributed by atoms with Gasteiger partial charge in [0.1, 0.15) is 9.88 Å². The Balaban J connectivity index is 2.41. The zero-order valence-electron chi connectivity index (χ0n) is 10.7. The van der Waals surface area contributed by atoms with E-state index in [0.717, 1.165) is 30.6 Å². The van der Waals surface area contributed by atoms with E-state index in [1.807, 2.05) is 0 Å². The Labute approximate surface area is 110 Å². The van der Waals surface area contributed by atoms with Crippen LogP contribution in [0.25, 0.3) is 0 Å². The molecule has 6 heteroatoms. The van der Waals surface area contributed by atoms with Crippen LogP contribution in [0.5, 0.6) is 0 Å². The Bertz CT molecular complexity index is 429. The molecule has 1 aromatic rings. The first-order valence-electron chi connectivity index (χ1n) is 6.01. The van der Waals surface area contributed by atoms with E-state index >= 15 is 0 Å². The van der Waals surface area contributed by atoms with Crippen LogP contribution in [0.15, 0.2) is 0 Å². The van der Waals surface area contributed by atoms with Crippen molar-refractivity contribution in [3.05, 3.63) is 15.6 Å². The van der Waals surface area contributed by atoms with Crippen molar-refractivity contribution in [3.8, 4) is 0 Å². The number of carbonyl (C=O) groups excluding carboxylic acids is 1. The van der Waals surface area contributed by atoms with Crippen LogP contribution in [0.4, 0.5) is 0 Å². The van der Waals surface area contributed by atoms with Gasteiger partial charge >= 0.3 is 5.97 Å². The van der Waals surface area contributed by atoms with Crippen LogP contribution in [0, 0.1) is 6.92 Å². The summed E-state index contributed by atoms with van der Waals surface area (Å²) in [6, 6.07) is 0. The van der Waals surface area contributed by atoms with E-state index < -0.39 is 5.97 Å². The summed E-state index contributed by atoms with van der Waals surface area (Å²) in [7, 11) is 0. The number of carboxylic acid groups (broad SMARTS) is 1. The summed E-state index contributed by atoms with van der Waals surface area (Å²) >= 11 is 1.11. The number of aromatic nitrogens is 1. The third-order valence-electron chi connectivity index (χ3n) is 2.48. The fourth-order valence-corrected chi connectivity index (χ4v) is 2.37. The summed E-state index contributed by atoms with van der Waals surface area (Å²) in [5.41, 5.74) is 0.503. The molecule has 100 valence electrons. The second-order valence-electron chi connectivity index (χ2n) is 4.06. The van der Waals surface area contributed by atoms with Crippen molar-refractivity contribution in [3.63, 3.8) is 0 Å². The topological polar surface area (TPSA) is 79.3 Å². The fourth-order valence-electron chi connectivity index (χ4n) is 1.52. The summed E-state index contributed by atoms with van der Waals surface area (Å²) in [6.07, 6.45) is 3.54. The van der Waals surface area contributed by atoms with Crippen molar-refractivity contribution in [2.24, 2.45) is 0 Å². The van der Waals surface area contributed by atoms with Gasteiger partial charge in [-0.25, -0.2) is 9.78 Å². The maximum atomic E-state index is 11.5. The highest BCUT2D eigenvalue weighted by atomic mass is 32.1. The lowest BCUT2D eigenvalue weighted by molar-refractivity contribution is -0.121. The molecular weight excluding hydrogens is 252 g/mol. The van der Waals surface area contributed by atoms with E-state index in [9.17, 15) is 9.59 Å². The lowest BCUT2D eigenvalue weighted by Crippen LogP contribution is -2.22. The lowest BCUT2D eigenvalue weighted by atomic mass is 10.2. The van der Waals surface area contributed by atoms with Crippen LogP contribution in [0.3, 0.4) is 0 Å². The van der Waals surface area contributed by atoms with Crippen LogP contribution < -0.4 is 5.32 Å². The molecule has 1 rings (SSSR count). The average Bonchev–Trinajstić information content (AvgIpc) is 2.68. The summed E-state index contributed by atoms with van der Waals surface area (Å²) < 4.78 is 0. The zero-order chi connectivity index (χ0) is 13.5. The van der Waals surface area contributed by atoms with Crippen LogP contribution >= 0.6 is 11.3 Å². The smallest absolute Gasteiger partial charge is 0.347 e. The summed E-state index contributed by atoms with van der Waals surface area (Å²) in [4.78, 5) is 26.7. The molecule has 0 spiro atoms. The van der Waals surface area contributed by atoms with Gasteiger partial charge in [-0.15, -0.1) is 11.3 Å². The van der Waals surface area contributed by atoms with E-state index in [-0.39, 0.29) is 10.8 Å². The molecule has 0 fully saturated rings. The fraction of sp³-hybridized carbons (Fsp3) is 0.583. The first kappa shape index (κ1) is 14.6. The molecule has 2 N–H and O–H groups in total. The van der Waals surface area contributed by atoms with Gasteiger partial charge in [0.25, 0.3) is 0 Å². The maximum Gasteiger partial charge on any atom is 0.347 e. The molecular formula is C12H18N2O3S. The molecule has 5 nitrogen and oxygen atoms in total. The summed E-state index contributed by atoms with van der Waals surface area (Å²) in [5.74, 6) is -0.973. The zero-order valence-corrected chi connectivity index (χ0v) is 11.5. The molecule has 1 amide bonds. The predicted molar refractivity (Wildman–Crippen MR) is 69.8 cm³/mol. The highest BCUT2D eigenvalue weighted by molar-refractivity contribution is 7.13. The van der Waals surface area contributed by atoms with E-state index in [0.29, 0.717) is 23.7 Å². The Morgan fingerprint density at radius 3 is 2.67 bits per heavy atom. The van der Waals surface area contributed by atoms with Crippen molar-refractivity contribution in [1.82, 2.24) is 10.3 Å². The van der Waals surface area contributed by atoms with Gasteiger partial charge in [-0.05, 0) is 13.3 Å². The number of hydrogen-bond donors (Lipinski definition) is 2. The minimum atomic E-state index is -0.967. The average molecular weight is 270 g/mol. The van der Waals surface area contributed by atoms with E-state index in [4.69, 9.17) is 5.11 Å². The third-order valence-corrected chi connectivity index (χ3v) is 3.62. The van der Waals surface area contributed by atoms with Gasteiger partial charge in [0.2, 0.25) is 5.91 Å². The van der Waals surface area contributed by atoms with Crippen molar-refractivity contribution in [2.75, 3.05) is 0 Å². The number of thiazole rings is 1. The van der Waals surface area contributed by atoms with E-state index in [1.165, 1.54) is 0 Å². The van der Waals surface area contributed by atoms with Crippen LogP contribution in [0.1, 0.15) is 53.0 Å². The third kappa shape index (κ3) is 4.44. The van der Waals surface area contributed by atoms with E-state index in [1.54, 1.807) is 6.92 Å². The Hall–Kier alpha value is -1.43. The van der Waals surface area contributed by atoms with Gasteiger partial charge in [0.15, 0.2) is 0 Å². The minimum Gasteiger partial charge on any atom is -0.477 e. The number of nitrogens with one attached hydrogen (secondary N) is 1. The van der Waals surface area contributed by atoms with Crippen molar-refractivity contribution < 1.29 is 14.7 Å². The first-order chi connectivity index (χ1) is 8.54. The Kier molecular flexibility index (Phi) is 5.77. The quantitative estimate of drug-likeness (QED) is 0.745. The van der Waals surface area contributed by atoms with Crippen molar-refractivity contribution in [2.45, 2.75) is 46.1 Å². The monoisotopic (exact) mass is 270 g/mol. The van der Waals surface area contributed by atoms with Gasteiger partial charge in [0, 0.05) is 6.42 Å². The van der Waals surface area contributed by atoms with Crippen molar-refractivity contribution in [1.29, 1.82) is 0 Å². The lowest BCUT2D eigenvalue weighted by Gasteiger charge is -2.02. The van der Waals surface area contributed by atoms with Gasteiger partial charge in [-0.1, -0.05) is 19.8 Å². The highest BCUT2D eigenvalue weighted by Crippen LogP contribution is 2.17. The van der Waals surface area contributed by atoms with Crippen LogP contribution in [-0.2, 0) is 11.3 Å². The number of nitrogens with zero attached hydrogens (tertiary/aromatic N) is 1. The molecule has 0 saturated heterocycles. The number of amides is 1. The SMILES string of the molecule is CCCCCC(=O)NCc1nc(C)c(C(=O)O)s1. The number of hydrogen-bond acceptors (Lipinski definition) is 4. The molecule has 0 unspecified atom stereocenters. The highest BCUT2D eigenvalue weighted by Gasteiger charge is 2.14. The number of aryl methyl sites for hydroxylation is 1. The van der Waals surface area contributed by atoms with E-state index in [2.05, 4.69) is 17.2 Å². The first-order valence-corrected chi connectivity index (χ1v) is 6.82. The molecule has 18 heavy (non-hydrogen) atoms. The van der Waals surface area contributed by atoms with Crippen molar-refractivity contribution >= 4 is 23.2 Å². The second kappa shape index (κ2) is 7.10. The molecule has 0 aliphatic heterocycles. The number of aromatic carboxylic acids is 1.